The van der Waals surface area contributed by atoms with Gasteiger partial charge < -0.3 is 21.5 Å². The van der Waals surface area contributed by atoms with Crippen LogP contribution in [0.25, 0.3) is 0 Å². The molecular weight excluding hydrogens is 210 g/mol. The van der Waals surface area contributed by atoms with Crippen molar-refractivity contribution in [1.29, 1.82) is 0 Å². The second-order valence-electron chi connectivity index (χ2n) is 3.05. The molecule has 0 aliphatic heterocycles. The molecule has 0 aromatic heterocycles. The fourth-order valence-electron chi connectivity index (χ4n) is 1.05. The molecule has 0 saturated carbocycles. The van der Waals surface area contributed by atoms with Gasteiger partial charge in [0, 0.05) is 11.3 Å². The standard InChI is InChI=1S/C10H13N3O3/c11-8-3-1-7(2-4-8)9(14)13-5-6-16-10(12)15/h1-4H,5-6,11H2,(H2,12,15)(H,13,14). The van der Waals surface area contributed by atoms with Gasteiger partial charge >= 0.3 is 6.09 Å². The lowest BCUT2D eigenvalue weighted by molar-refractivity contribution is 0.0937. The van der Waals surface area contributed by atoms with Crippen LogP contribution in [0.1, 0.15) is 10.4 Å². The van der Waals surface area contributed by atoms with E-state index in [1.807, 2.05) is 0 Å². The summed E-state index contributed by atoms with van der Waals surface area (Å²) in [6.45, 7) is 0.266. The average Bonchev–Trinajstić information content (AvgIpc) is 2.25. The molecular formula is C10H13N3O3. The molecule has 0 saturated heterocycles. The molecule has 0 aliphatic rings. The Morgan fingerprint density at radius 2 is 1.88 bits per heavy atom. The Kier molecular flexibility index (Phi) is 4.14. The lowest BCUT2D eigenvalue weighted by atomic mass is 10.2. The first-order valence-electron chi connectivity index (χ1n) is 4.65. The molecule has 0 heterocycles. The third kappa shape index (κ3) is 3.87. The van der Waals surface area contributed by atoms with Gasteiger partial charge in [0.2, 0.25) is 0 Å². The van der Waals surface area contributed by atoms with Crippen LogP contribution < -0.4 is 16.8 Å². The second-order valence-corrected chi connectivity index (χ2v) is 3.05. The van der Waals surface area contributed by atoms with Gasteiger partial charge in [0.25, 0.3) is 5.91 Å². The number of ether oxygens (including phenoxy) is 1. The number of amides is 2. The zero-order valence-corrected chi connectivity index (χ0v) is 8.60. The molecule has 0 spiro atoms. The molecule has 1 aromatic carbocycles. The van der Waals surface area contributed by atoms with E-state index in [9.17, 15) is 9.59 Å². The summed E-state index contributed by atoms with van der Waals surface area (Å²) in [5.41, 5.74) is 11.3. The number of nitrogen functional groups attached to an aromatic ring is 1. The molecule has 0 fully saturated rings. The van der Waals surface area contributed by atoms with E-state index in [-0.39, 0.29) is 19.1 Å². The van der Waals surface area contributed by atoms with Crippen molar-refractivity contribution in [3.63, 3.8) is 0 Å². The molecule has 2 amide bonds. The zero-order valence-electron chi connectivity index (χ0n) is 8.60. The average molecular weight is 223 g/mol. The van der Waals surface area contributed by atoms with Crippen LogP contribution in [0.5, 0.6) is 0 Å². The number of carbonyl (C=O) groups is 2. The molecule has 6 heteroatoms. The van der Waals surface area contributed by atoms with E-state index in [0.29, 0.717) is 11.3 Å². The van der Waals surface area contributed by atoms with Crippen LogP contribution in [-0.4, -0.2) is 25.2 Å². The number of primary amides is 1. The Bertz CT molecular complexity index is 375. The maximum atomic E-state index is 11.5. The van der Waals surface area contributed by atoms with Crippen molar-refractivity contribution in [2.75, 3.05) is 18.9 Å². The minimum atomic E-state index is -0.860. The molecule has 0 unspecified atom stereocenters. The zero-order chi connectivity index (χ0) is 12.0. The predicted octanol–water partition coefficient (Wildman–Crippen LogP) is 0.0939. The minimum Gasteiger partial charge on any atom is -0.448 e. The summed E-state index contributed by atoms with van der Waals surface area (Å²) in [5.74, 6) is -0.256. The first-order chi connectivity index (χ1) is 7.59. The summed E-state index contributed by atoms with van der Waals surface area (Å²) in [6.07, 6.45) is -0.860. The predicted molar refractivity (Wildman–Crippen MR) is 58.7 cm³/mol. The van der Waals surface area contributed by atoms with Crippen molar-refractivity contribution in [1.82, 2.24) is 5.32 Å². The molecule has 0 atom stereocenters. The van der Waals surface area contributed by atoms with Crippen LogP contribution in [-0.2, 0) is 4.74 Å². The monoisotopic (exact) mass is 223 g/mol. The van der Waals surface area contributed by atoms with E-state index in [2.05, 4.69) is 10.1 Å². The van der Waals surface area contributed by atoms with E-state index in [1.165, 1.54) is 0 Å². The van der Waals surface area contributed by atoms with Gasteiger partial charge in [-0.15, -0.1) is 0 Å². The van der Waals surface area contributed by atoms with Gasteiger partial charge in [-0.1, -0.05) is 0 Å². The minimum absolute atomic E-state index is 0.0516. The van der Waals surface area contributed by atoms with Crippen molar-refractivity contribution in [3.05, 3.63) is 29.8 Å². The summed E-state index contributed by atoms with van der Waals surface area (Å²) < 4.78 is 4.45. The van der Waals surface area contributed by atoms with E-state index >= 15 is 0 Å². The Hall–Kier alpha value is -2.24. The third-order valence-corrected chi connectivity index (χ3v) is 1.80. The molecule has 16 heavy (non-hydrogen) atoms. The van der Waals surface area contributed by atoms with Crippen LogP contribution >= 0.6 is 0 Å². The summed E-state index contributed by atoms with van der Waals surface area (Å²) in [6, 6.07) is 6.49. The van der Waals surface area contributed by atoms with Gasteiger partial charge in [-0.3, -0.25) is 4.79 Å². The fraction of sp³-hybridized carbons (Fsp3) is 0.200. The van der Waals surface area contributed by atoms with Gasteiger partial charge in [0.05, 0.1) is 6.54 Å². The first-order valence-corrected chi connectivity index (χ1v) is 4.65. The molecule has 5 N–H and O–H groups in total. The molecule has 0 radical (unpaired) electrons. The van der Waals surface area contributed by atoms with Gasteiger partial charge in [0.15, 0.2) is 0 Å². The normalized spacial score (nSPS) is 9.50. The van der Waals surface area contributed by atoms with Gasteiger partial charge in [-0.05, 0) is 24.3 Å². The number of nitrogens with one attached hydrogen (secondary N) is 1. The number of nitrogens with two attached hydrogens (primary N) is 2. The maximum absolute atomic E-state index is 11.5. The first kappa shape index (κ1) is 11.8. The SMILES string of the molecule is NC(=O)OCCNC(=O)c1ccc(N)cc1. The number of anilines is 1. The highest BCUT2D eigenvalue weighted by molar-refractivity contribution is 5.94. The molecule has 6 nitrogen and oxygen atoms in total. The van der Waals surface area contributed by atoms with E-state index in [0.717, 1.165) is 0 Å². The highest BCUT2D eigenvalue weighted by Gasteiger charge is 2.04. The number of hydrogen-bond acceptors (Lipinski definition) is 4. The van der Waals surface area contributed by atoms with Crippen molar-refractivity contribution < 1.29 is 14.3 Å². The number of hydrogen-bond donors (Lipinski definition) is 3. The molecule has 0 bridgehead atoms. The molecule has 86 valence electrons. The highest BCUT2D eigenvalue weighted by Crippen LogP contribution is 2.04. The van der Waals surface area contributed by atoms with Crippen LogP contribution in [0.2, 0.25) is 0 Å². The van der Waals surface area contributed by atoms with Crippen LogP contribution in [0, 0.1) is 0 Å². The number of rotatable bonds is 4. The Labute approximate surface area is 92.6 Å². The summed E-state index contributed by atoms with van der Waals surface area (Å²) >= 11 is 0. The molecule has 1 rings (SSSR count). The Balaban J connectivity index is 2.35. The Morgan fingerprint density at radius 1 is 1.25 bits per heavy atom. The summed E-state index contributed by atoms with van der Waals surface area (Å²) in [5, 5.41) is 2.56. The van der Waals surface area contributed by atoms with E-state index < -0.39 is 6.09 Å². The topological polar surface area (TPSA) is 107 Å². The van der Waals surface area contributed by atoms with Crippen LogP contribution in [0.15, 0.2) is 24.3 Å². The summed E-state index contributed by atoms with van der Waals surface area (Å²) in [7, 11) is 0. The van der Waals surface area contributed by atoms with Crippen LogP contribution in [0.3, 0.4) is 0 Å². The van der Waals surface area contributed by atoms with Gasteiger partial charge in [-0.25, -0.2) is 4.79 Å². The second kappa shape index (κ2) is 5.59. The smallest absolute Gasteiger partial charge is 0.404 e. The highest BCUT2D eigenvalue weighted by atomic mass is 16.5. The number of benzene rings is 1. The fourth-order valence-corrected chi connectivity index (χ4v) is 1.05. The number of carbonyl (C=O) groups excluding carboxylic acids is 2. The molecule has 1 aromatic rings. The lowest BCUT2D eigenvalue weighted by Gasteiger charge is -2.05. The quantitative estimate of drug-likeness (QED) is 0.496. The van der Waals surface area contributed by atoms with Gasteiger partial charge in [-0.2, -0.15) is 0 Å². The van der Waals surface area contributed by atoms with Crippen LogP contribution in [0.4, 0.5) is 10.5 Å². The van der Waals surface area contributed by atoms with Crippen molar-refractivity contribution in [3.8, 4) is 0 Å². The van der Waals surface area contributed by atoms with Crippen molar-refractivity contribution in [2.45, 2.75) is 0 Å². The van der Waals surface area contributed by atoms with Crippen molar-refractivity contribution in [2.24, 2.45) is 5.73 Å². The third-order valence-electron chi connectivity index (χ3n) is 1.80. The maximum Gasteiger partial charge on any atom is 0.404 e. The largest absolute Gasteiger partial charge is 0.448 e. The summed E-state index contributed by atoms with van der Waals surface area (Å²) in [4.78, 5) is 21.7. The van der Waals surface area contributed by atoms with Gasteiger partial charge in [0.1, 0.15) is 6.61 Å². The lowest BCUT2D eigenvalue weighted by Crippen LogP contribution is -2.28. The van der Waals surface area contributed by atoms with E-state index in [4.69, 9.17) is 11.5 Å². The Morgan fingerprint density at radius 3 is 2.44 bits per heavy atom. The molecule has 0 aliphatic carbocycles. The van der Waals surface area contributed by atoms with E-state index in [1.54, 1.807) is 24.3 Å². The van der Waals surface area contributed by atoms with Crippen molar-refractivity contribution >= 4 is 17.7 Å².